The van der Waals surface area contributed by atoms with Crippen molar-refractivity contribution in [2.24, 2.45) is 0 Å². The molecular formula is C20H30N2O3. The summed E-state index contributed by atoms with van der Waals surface area (Å²) in [4.78, 5) is 14.7. The Bertz CT molecular complexity index is 597. The smallest absolute Gasteiger partial charge is 0.234 e. The molecule has 1 N–H and O–H groups in total. The number of amides is 1. The molecule has 138 valence electrons. The summed E-state index contributed by atoms with van der Waals surface area (Å²) in [6.45, 7) is 4.76. The molecule has 5 nitrogen and oxygen atoms in total. The number of carbonyl (C=O) groups is 1. The first-order valence-corrected chi connectivity index (χ1v) is 9.53. The van der Waals surface area contributed by atoms with Crippen LogP contribution in [0, 0.1) is 0 Å². The molecule has 0 radical (unpaired) electrons. The maximum Gasteiger partial charge on any atom is 0.234 e. The van der Waals surface area contributed by atoms with Crippen molar-refractivity contribution in [2.75, 3.05) is 33.4 Å². The van der Waals surface area contributed by atoms with Gasteiger partial charge in [0.1, 0.15) is 13.2 Å². The Labute approximate surface area is 150 Å². The SMILES string of the molecule is CCCCN(C)CC(=O)NC1(c2ccc3c(c2)OCCO3)CCCC1. The maximum atomic E-state index is 12.6. The summed E-state index contributed by atoms with van der Waals surface area (Å²) in [6.07, 6.45) is 6.51. The Morgan fingerprint density at radius 2 is 1.92 bits per heavy atom. The van der Waals surface area contributed by atoms with Crippen LogP contribution in [0.5, 0.6) is 11.5 Å². The van der Waals surface area contributed by atoms with E-state index in [0.717, 1.165) is 62.1 Å². The lowest BCUT2D eigenvalue weighted by Crippen LogP contribution is -2.47. The third-order valence-corrected chi connectivity index (χ3v) is 5.24. The lowest BCUT2D eigenvalue weighted by atomic mass is 9.87. The number of carbonyl (C=O) groups excluding carboxylic acids is 1. The number of hydrogen-bond donors (Lipinski definition) is 1. The Hall–Kier alpha value is -1.75. The molecule has 1 aliphatic heterocycles. The van der Waals surface area contributed by atoms with E-state index < -0.39 is 0 Å². The molecule has 5 heteroatoms. The standard InChI is InChI=1S/C20H30N2O3/c1-3-4-11-22(2)15-19(23)21-20(9-5-6-10-20)16-7-8-17-18(14-16)25-13-12-24-17/h7-8,14H,3-6,9-13,15H2,1-2H3,(H,21,23). The van der Waals surface area contributed by atoms with Crippen LogP contribution in [0.25, 0.3) is 0 Å². The van der Waals surface area contributed by atoms with Gasteiger partial charge in [0.25, 0.3) is 0 Å². The molecule has 1 saturated carbocycles. The molecule has 1 aromatic rings. The fourth-order valence-corrected chi connectivity index (χ4v) is 3.86. The third kappa shape index (κ3) is 4.27. The zero-order chi connectivity index (χ0) is 17.7. The lowest BCUT2D eigenvalue weighted by Gasteiger charge is -2.33. The van der Waals surface area contributed by atoms with Gasteiger partial charge < -0.3 is 14.8 Å². The molecular weight excluding hydrogens is 316 g/mol. The fraction of sp³-hybridized carbons (Fsp3) is 0.650. The Morgan fingerprint density at radius 3 is 2.64 bits per heavy atom. The van der Waals surface area contributed by atoms with Gasteiger partial charge in [-0.1, -0.05) is 32.3 Å². The number of fused-ring (bicyclic) bond motifs is 1. The fourth-order valence-electron chi connectivity index (χ4n) is 3.86. The largest absolute Gasteiger partial charge is 0.486 e. The third-order valence-electron chi connectivity index (χ3n) is 5.24. The molecule has 0 atom stereocenters. The first kappa shape index (κ1) is 18.1. The Morgan fingerprint density at radius 1 is 1.20 bits per heavy atom. The van der Waals surface area contributed by atoms with Crippen LogP contribution in [0.2, 0.25) is 0 Å². The van der Waals surface area contributed by atoms with Crippen molar-refractivity contribution in [3.8, 4) is 11.5 Å². The highest BCUT2D eigenvalue weighted by molar-refractivity contribution is 5.79. The van der Waals surface area contributed by atoms with Gasteiger partial charge in [-0.25, -0.2) is 0 Å². The van der Waals surface area contributed by atoms with Crippen LogP contribution in [0.15, 0.2) is 18.2 Å². The first-order valence-electron chi connectivity index (χ1n) is 9.53. The summed E-state index contributed by atoms with van der Waals surface area (Å²) in [5, 5.41) is 3.35. The van der Waals surface area contributed by atoms with Crippen LogP contribution in [-0.2, 0) is 10.3 Å². The van der Waals surface area contributed by atoms with E-state index in [0.29, 0.717) is 19.8 Å². The van der Waals surface area contributed by atoms with Crippen molar-refractivity contribution in [1.29, 1.82) is 0 Å². The molecule has 0 aromatic heterocycles. The highest BCUT2D eigenvalue weighted by atomic mass is 16.6. The average molecular weight is 346 g/mol. The molecule has 1 aliphatic carbocycles. The van der Waals surface area contributed by atoms with Gasteiger partial charge in [-0.05, 0) is 50.6 Å². The zero-order valence-corrected chi connectivity index (χ0v) is 15.5. The highest BCUT2D eigenvalue weighted by Crippen LogP contribution is 2.42. The van der Waals surface area contributed by atoms with Gasteiger partial charge in [-0.2, -0.15) is 0 Å². The van der Waals surface area contributed by atoms with E-state index in [2.05, 4.69) is 29.3 Å². The van der Waals surface area contributed by atoms with Crippen molar-refractivity contribution >= 4 is 5.91 Å². The Kier molecular flexibility index (Phi) is 5.84. The van der Waals surface area contributed by atoms with Crippen molar-refractivity contribution in [1.82, 2.24) is 10.2 Å². The number of ether oxygens (including phenoxy) is 2. The van der Waals surface area contributed by atoms with E-state index in [1.165, 1.54) is 0 Å². The van der Waals surface area contributed by atoms with Crippen molar-refractivity contribution < 1.29 is 14.3 Å². The van der Waals surface area contributed by atoms with E-state index in [4.69, 9.17) is 9.47 Å². The summed E-state index contributed by atoms with van der Waals surface area (Å²) in [7, 11) is 2.01. The normalized spacial score (nSPS) is 18.4. The molecule has 1 fully saturated rings. The average Bonchev–Trinajstić information content (AvgIpc) is 3.09. The molecule has 1 heterocycles. The number of rotatable bonds is 7. The number of unbranched alkanes of at least 4 members (excludes halogenated alkanes) is 1. The first-order chi connectivity index (χ1) is 12.1. The molecule has 0 spiro atoms. The number of hydrogen-bond acceptors (Lipinski definition) is 4. The van der Waals surface area contributed by atoms with Gasteiger partial charge >= 0.3 is 0 Å². The topological polar surface area (TPSA) is 50.8 Å². The zero-order valence-electron chi connectivity index (χ0n) is 15.5. The second kappa shape index (κ2) is 8.09. The van der Waals surface area contributed by atoms with Crippen LogP contribution >= 0.6 is 0 Å². The predicted molar refractivity (Wildman–Crippen MR) is 98.1 cm³/mol. The second-order valence-corrected chi connectivity index (χ2v) is 7.29. The van der Waals surface area contributed by atoms with Gasteiger partial charge in [-0.3, -0.25) is 9.69 Å². The van der Waals surface area contributed by atoms with Crippen molar-refractivity contribution in [3.05, 3.63) is 23.8 Å². The predicted octanol–water partition coefficient (Wildman–Crippen LogP) is 3.08. The second-order valence-electron chi connectivity index (χ2n) is 7.29. The summed E-state index contributed by atoms with van der Waals surface area (Å²) in [5.74, 6) is 1.70. The summed E-state index contributed by atoms with van der Waals surface area (Å²) < 4.78 is 11.4. The molecule has 1 amide bonds. The lowest BCUT2D eigenvalue weighted by molar-refractivity contribution is -0.124. The number of likely N-dealkylation sites (N-methyl/N-ethyl adjacent to an activating group) is 1. The van der Waals surface area contributed by atoms with E-state index in [1.54, 1.807) is 0 Å². The molecule has 3 rings (SSSR count). The van der Waals surface area contributed by atoms with Crippen LogP contribution in [0.4, 0.5) is 0 Å². The van der Waals surface area contributed by atoms with Crippen LogP contribution in [0.3, 0.4) is 0 Å². The van der Waals surface area contributed by atoms with E-state index in [1.807, 2.05) is 13.1 Å². The van der Waals surface area contributed by atoms with Gasteiger partial charge in [0.05, 0.1) is 12.1 Å². The van der Waals surface area contributed by atoms with Gasteiger partial charge in [-0.15, -0.1) is 0 Å². The van der Waals surface area contributed by atoms with Crippen LogP contribution < -0.4 is 14.8 Å². The van der Waals surface area contributed by atoms with Crippen molar-refractivity contribution in [2.45, 2.75) is 51.0 Å². The monoisotopic (exact) mass is 346 g/mol. The molecule has 1 aromatic carbocycles. The van der Waals surface area contributed by atoms with E-state index >= 15 is 0 Å². The number of nitrogens with one attached hydrogen (secondary N) is 1. The minimum atomic E-state index is -0.265. The summed E-state index contributed by atoms with van der Waals surface area (Å²) in [6, 6.07) is 6.12. The molecule has 0 unspecified atom stereocenters. The minimum absolute atomic E-state index is 0.107. The van der Waals surface area contributed by atoms with Gasteiger partial charge in [0, 0.05) is 0 Å². The summed E-state index contributed by atoms with van der Waals surface area (Å²) in [5.41, 5.74) is 0.872. The Balaban J connectivity index is 1.72. The maximum absolute atomic E-state index is 12.6. The van der Waals surface area contributed by atoms with Crippen molar-refractivity contribution in [3.63, 3.8) is 0 Å². The highest BCUT2D eigenvalue weighted by Gasteiger charge is 2.37. The minimum Gasteiger partial charge on any atom is -0.486 e. The van der Waals surface area contributed by atoms with E-state index in [9.17, 15) is 4.79 Å². The van der Waals surface area contributed by atoms with E-state index in [-0.39, 0.29) is 11.4 Å². The number of nitrogens with zero attached hydrogens (tertiary/aromatic N) is 1. The molecule has 0 bridgehead atoms. The molecule has 25 heavy (non-hydrogen) atoms. The quantitative estimate of drug-likeness (QED) is 0.824. The van der Waals surface area contributed by atoms with Gasteiger partial charge in [0.15, 0.2) is 11.5 Å². The van der Waals surface area contributed by atoms with Crippen LogP contribution in [0.1, 0.15) is 51.0 Å². The number of benzene rings is 1. The van der Waals surface area contributed by atoms with Gasteiger partial charge in [0.2, 0.25) is 5.91 Å². The van der Waals surface area contributed by atoms with Crippen LogP contribution in [-0.4, -0.2) is 44.2 Å². The molecule has 0 saturated heterocycles. The summed E-state index contributed by atoms with van der Waals surface area (Å²) >= 11 is 0. The molecule has 2 aliphatic rings.